The fourth-order valence-corrected chi connectivity index (χ4v) is 3.70. The molecule has 150 valence electrons. The van der Waals surface area contributed by atoms with E-state index >= 15 is 0 Å². The highest BCUT2D eigenvalue weighted by molar-refractivity contribution is 5.75. The van der Waals surface area contributed by atoms with Crippen molar-refractivity contribution in [3.63, 3.8) is 0 Å². The third-order valence-corrected chi connectivity index (χ3v) is 5.20. The second-order valence-corrected chi connectivity index (χ2v) is 7.52. The molecule has 28 heavy (non-hydrogen) atoms. The van der Waals surface area contributed by atoms with Gasteiger partial charge in [0.2, 0.25) is 0 Å². The third-order valence-electron chi connectivity index (χ3n) is 5.20. The maximum atomic E-state index is 13.2. The van der Waals surface area contributed by atoms with Crippen molar-refractivity contribution in [2.24, 2.45) is 0 Å². The molecular formula is C23H28FNO3. The van der Waals surface area contributed by atoms with Gasteiger partial charge in [-0.1, -0.05) is 24.3 Å². The number of β-amino-alcohol motifs (C(OH)–C–C–N with tert-alkyl or cyclic N) is 1. The highest BCUT2D eigenvalue weighted by atomic mass is 19.1. The fraction of sp³-hybridized carbons (Fsp3) is 0.435. The summed E-state index contributed by atoms with van der Waals surface area (Å²) in [5, 5.41) is 10.4. The van der Waals surface area contributed by atoms with Gasteiger partial charge in [-0.25, -0.2) is 4.39 Å². The first kappa shape index (κ1) is 20.5. The average Bonchev–Trinajstić information content (AvgIpc) is 3.14. The lowest BCUT2D eigenvalue weighted by Crippen LogP contribution is -2.35. The van der Waals surface area contributed by atoms with Crippen LogP contribution in [0.1, 0.15) is 43.4 Å². The number of aliphatic hydroxyl groups excluding tert-OH is 1. The molecule has 0 unspecified atom stereocenters. The van der Waals surface area contributed by atoms with Crippen molar-refractivity contribution in [3.05, 3.63) is 65.5 Å². The zero-order valence-electron chi connectivity index (χ0n) is 16.3. The second kappa shape index (κ2) is 9.80. The Morgan fingerprint density at radius 2 is 1.93 bits per heavy atom. The van der Waals surface area contributed by atoms with Crippen molar-refractivity contribution in [1.82, 2.24) is 4.90 Å². The molecule has 1 aliphatic heterocycles. The van der Waals surface area contributed by atoms with Crippen LogP contribution in [0, 0.1) is 5.82 Å². The van der Waals surface area contributed by atoms with E-state index in [1.807, 2.05) is 36.4 Å². The van der Waals surface area contributed by atoms with E-state index in [0.717, 1.165) is 36.9 Å². The maximum Gasteiger partial charge on any atom is 0.130 e. The topological polar surface area (TPSA) is 49.8 Å². The predicted molar refractivity (Wildman–Crippen MR) is 107 cm³/mol. The molecule has 1 saturated heterocycles. The van der Waals surface area contributed by atoms with Gasteiger partial charge < -0.3 is 14.6 Å². The summed E-state index contributed by atoms with van der Waals surface area (Å²) >= 11 is 0. The van der Waals surface area contributed by atoms with E-state index in [2.05, 4.69) is 4.90 Å². The quantitative estimate of drug-likeness (QED) is 0.711. The molecule has 1 fully saturated rings. The van der Waals surface area contributed by atoms with Crippen LogP contribution in [-0.4, -0.2) is 41.6 Å². The highest BCUT2D eigenvalue weighted by Crippen LogP contribution is 2.32. The molecule has 2 aromatic rings. The number of ether oxygens (including phenoxy) is 1. The van der Waals surface area contributed by atoms with Gasteiger partial charge in [-0.15, -0.1) is 0 Å². The van der Waals surface area contributed by atoms with Crippen LogP contribution in [0.25, 0.3) is 0 Å². The third kappa shape index (κ3) is 5.88. The van der Waals surface area contributed by atoms with Crippen molar-refractivity contribution in [3.8, 4) is 5.75 Å². The standard InChI is InChI=1S/C23H28FNO3/c1-17(26)4-5-18-6-12-22(13-7-18)28-16-21(27)15-25-14-2-3-23(25)19-8-10-20(24)11-9-19/h6-13,21,23,27H,2-5,14-16H2,1H3/t21-,23+/m0/s1. The summed E-state index contributed by atoms with van der Waals surface area (Å²) in [6.45, 7) is 3.27. The van der Waals surface area contributed by atoms with Crippen molar-refractivity contribution in [1.29, 1.82) is 0 Å². The van der Waals surface area contributed by atoms with Crippen LogP contribution in [0.4, 0.5) is 4.39 Å². The molecule has 0 aliphatic carbocycles. The molecule has 1 N–H and O–H groups in total. The molecule has 1 heterocycles. The highest BCUT2D eigenvalue weighted by Gasteiger charge is 2.27. The minimum atomic E-state index is -0.599. The molecule has 2 atom stereocenters. The smallest absolute Gasteiger partial charge is 0.130 e. The molecule has 0 amide bonds. The molecule has 0 spiro atoms. The molecule has 5 heteroatoms. The monoisotopic (exact) mass is 385 g/mol. The van der Waals surface area contributed by atoms with Gasteiger partial charge >= 0.3 is 0 Å². The van der Waals surface area contributed by atoms with Gasteiger partial charge in [0.15, 0.2) is 0 Å². The first-order valence-electron chi connectivity index (χ1n) is 9.90. The SMILES string of the molecule is CC(=O)CCc1ccc(OC[C@@H](O)CN2CCC[C@@H]2c2ccc(F)cc2)cc1. The van der Waals surface area contributed by atoms with Crippen LogP contribution in [0.2, 0.25) is 0 Å². The first-order chi connectivity index (χ1) is 13.5. The number of rotatable bonds is 9. The number of hydrogen-bond donors (Lipinski definition) is 1. The summed E-state index contributed by atoms with van der Waals surface area (Å²) in [6.07, 6.45) is 2.76. The lowest BCUT2D eigenvalue weighted by atomic mass is 10.0. The molecule has 4 nitrogen and oxygen atoms in total. The molecule has 0 saturated carbocycles. The van der Waals surface area contributed by atoms with Crippen molar-refractivity contribution in [2.75, 3.05) is 19.7 Å². The minimum Gasteiger partial charge on any atom is -0.491 e. The summed E-state index contributed by atoms with van der Waals surface area (Å²) in [5.41, 5.74) is 2.19. The van der Waals surface area contributed by atoms with E-state index in [4.69, 9.17) is 4.74 Å². The maximum absolute atomic E-state index is 13.2. The average molecular weight is 385 g/mol. The Labute approximate surface area is 165 Å². The zero-order chi connectivity index (χ0) is 19.9. The molecule has 0 bridgehead atoms. The van der Waals surface area contributed by atoms with E-state index < -0.39 is 6.10 Å². The van der Waals surface area contributed by atoms with E-state index in [1.54, 1.807) is 6.92 Å². The van der Waals surface area contributed by atoms with Gasteiger partial charge in [-0.2, -0.15) is 0 Å². The number of halogens is 1. The molecule has 1 aliphatic rings. The van der Waals surface area contributed by atoms with Gasteiger partial charge in [0.1, 0.15) is 30.1 Å². The molecule has 0 radical (unpaired) electrons. The Hall–Kier alpha value is -2.24. The van der Waals surface area contributed by atoms with Gasteiger partial charge in [-0.3, -0.25) is 4.90 Å². The van der Waals surface area contributed by atoms with Crippen molar-refractivity contribution < 1.29 is 19.0 Å². The Bertz CT molecular complexity index is 760. The number of aliphatic hydroxyl groups is 1. The van der Waals surface area contributed by atoms with Crippen LogP contribution < -0.4 is 4.74 Å². The second-order valence-electron chi connectivity index (χ2n) is 7.52. The number of ketones is 1. The normalized spacial score (nSPS) is 18.2. The van der Waals surface area contributed by atoms with Gasteiger partial charge in [0.05, 0.1) is 0 Å². The number of aryl methyl sites for hydroxylation is 1. The van der Waals surface area contributed by atoms with E-state index in [-0.39, 0.29) is 24.2 Å². The van der Waals surface area contributed by atoms with Crippen LogP contribution in [0.3, 0.4) is 0 Å². The lowest BCUT2D eigenvalue weighted by Gasteiger charge is -2.27. The summed E-state index contributed by atoms with van der Waals surface area (Å²) in [4.78, 5) is 13.3. The summed E-state index contributed by atoms with van der Waals surface area (Å²) < 4.78 is 18.9. The minimum absolute atomic E-state index is 0.185. The largest absolute Gasteiger partial charge is 0.491 e. The van der Waals surface area contributed by atoms with Gasteiger partial charge in [0.25, 0.3) is 0 Å². The van der Waals surface area contributed by atoms with Gasteiger partial charge in [-0.05, 0) is 68.1 Å². The Balaban J connectivity index is 1.47. The van der Waals surface area contributed by atoms with Crippen molar-refractivity contribution in [2.45, 2.75) is 44.8 Å². The Kier molecular flexibility index (Phi) is 7.18. The number of hydrogen-bond acceptors (Lipinski definition) is 4. The Morgan fingerprint density at radius 1 is 1.21 bits per heavy atom. The number of Topliss-reactive ketones (excluding diaryl/α,β-unsaturated/α-hetero) is 1. The summed E-state index contributed by atoms with van der Waals surface area (Å²) in [6, 6.07) is 14.5. The van der Waals surface area contributed by atoms with Crippen LogP contribution in [0.15, 0.2) is 48.5 Å². The van der Waals surface area contributed by atoms with Crippen LogP contribution in [0.5, 0.6) is 5.75 Å². The van der Waals surface area contributed by atoms with E-state index in [1.165, 1.54) is 12.1 Å². The first-order valence-corrected chi connectivity index (χ1v) is 9.90. The van der Waals surface area contributed by atoms with Crippen LogP contribution in [-0.2, 0) is 11.2 Å². The number of carbonyl (C=O) groups excluding carboxylic acids is 1. The number of carbonyl (C=O) groups is 1. The number of nitrogens with zero attached hydrogens (tertiary/aromatic N) is 1. The molecule has 2 aromatic carbocycles. The zero-order valence-corrected chi connectivity index (χ0v) is 16.3. The number of benzene rings is 2. The van der Waals surface area contributed by atoms with Gasteiger partial charge in [0, 0.05) is 19.0 Å². The van der Waals surface area contributed by atoms with Crippen LogP contribution >= 0.6 is 0 Å². The van der Waals surface area contributed by atoms with E-state index in [0.29, 0.717) is 18.7 Å². The Morgan fingerprint density at radius 3 is 2.61 bits per heavy atom. The van der Waals surface area contributed by atoms with Crippen molar-refractivity contribution >= 4 is 5.78 Å². The molecule has 0 aromatic heterocycles. The molecular weight excluding hydrogens is 357 g/mol. The predicted octanol–water partition coefficient (Wildman–Crippen LogP) is 3.92. The number of likely N-dealkylation sites (tertiary alicyclic amines) is 1. The summed E-state index contributed by atoms with van der Waals surface area (Å²) in [5.74, 6) is 0.667. The fourth-order valence-electron chi connectivity index (χ4n) is 3.70. The molecule has 3 rings (SSSR count). The van der Waals surface area contributed by atoms with E-state index in [9.17, 15) is 14.3 Å². The summed E-state index contributed by atoms with van der Waals surface area (Å²) in [7, 11) is 0. The lowest BCUT2D eigenvalue weighted by molar-refractivity contribution is -0.116.